The van der Waals surface area contributed by atoms with Crippen molar-refractivity contribution in [2.24, 2.45) is 0 Å². The number of ether oxygens (including phenoxy) is 1. The highest BCUT2D eigenvalue weighted by Crippen LogP contribution is 2.20. The minimum Gasteiger partial charge on any atom is -0.480 e. The van der Waals surface area contributed by atoms with Crippen LogP contribution >= 0.6 is 0 Å². The summed E-state index contributed by atoms with van der Waals surface area (Å²) in [6.07, 6.45) is 2.22. The maximum absolute atomic E-state index is 11.4. The van der Waals surface area contributed by atoms with E-state index in [0.717, 1.165) is 36.1 Å². The molecule has 0 aromatic heterocycles. The molecule has 0 spiro atoms. The van der Waals surface area contributed by atoms with Crippen LogP contribution in [0.2, 0.25) is 0 Å². The second kappa shape index (κ2) is 6.17. The molecule has 19 heavy (non-hydrogen) atoms. The van der Waals surface area contributed by atoms with Gasteiger partial charge < -0.3 is 9.84 Å². The maximum Gasteiger partial charge on any atom is 0.325 e. The van der Waals surface area contributed by atoms with Crippen LogP contribution in [0, 0.1) is 13.8 Å². The van der Waals surface area contributed by atoms with Crippen molar-refractivity contribution in [3.05, 3.63) is 34.9 Å². The van der Waals surface area contributed by atoms with Crippen molar-refractivity contribution in [3.8, 4) is 0 Å². The Balaban J connectivity index is 2.08. The highest BCUT2D eigenvalue weighted by Gasteiger charge is 2.23. The maximum atomic E-state index is 11.4. The third-order valence-corrected chi connectivity index (χ3v) is 3.56. The summed E-state index contributed by atoms with van der Waals surface area (Å²) in [7, 11) is 0. The molecule has 1 aliphatic heterocycles. The van der Waals surface area contributed by atoms with Gasteiger partial charge in [-0.1, -0.05) is 23.8 Å². The second-order valence-corrected chi connectivity index (χ2v) is 5.17. The van der Waals surface area contributed by atoms with Gasteiger partial charge in [0.15, 0.2) is 0 Å². The molecule has 0 saturated carbocycles. The SMILES string of the molecule is Cc1ccc(C(NCC2CCCO2)C(=O)O)c(C)c1. The first kappa shape index (κ1) is 14.0. The van der Waals surface area contributed by atoms with Crippen molar-refractivity contribution < 1.29 is 14.6 Å². The molecule has 2 N–H and O–H groups in total. The van der Waals surface area contributed by atoms with Crippen molar-refractivity contribution in [1.82, 2.24) is 5.32 Å². The van der Waals surface area contributed by atoms with Crippen LogP contribution < -0.4 is 5.32 Å². The van der Waals surface area contributed by atoms with Gasteiger partial charge in [0.05, 0.1) is 6.10 Å². The zero-order chi connectivity index (χ0) is 13.8. The van der Waals surface area contributed by atoms with Crippen LogP contribution in [0.25, 0.3) is 0 Å². The van der Waals surface area contributed by atoms with Gasteiger partial charge in [-0.2, -0.15) is 0 Å². The first-order chi connectivity index (χ1) is 9.08. The molecule has 1 saturated heterocycles. The van der Waals surface area contributed by atoms with Gasteiger partial charge in [0, 0.05) is 13.2 Å². The van der Waals surface area contributed by atoms with E-state index in [2.05, 4.69) is 5.32 Å². The lowest BCUT2D eigenvalue weighted by Crippen LogP contribution is -2.34. The number of benzene rings is 1. The van der Waals surface area contributed by atoms with Gasteiger partial charge in [0.2, 0.25) is 0 Å². The largest absolute Gasteiger partial charge is 0.480 e. The summed E-state index contributed by atoms with van der Waals surface area (Å²) in [6, 6.07) is 5.20. The first-order valence-electron chi connectivity index (χ1n) is 6.73. The summed E-state index contributed by atoms with van der Waals surface area (Å²) in [5, 5.41) is 12.5. The highest BCUT2D eigenvalue weighted by molar-refractivity contribution is 5.76. The normalized spacial score (nSPS) is 20.4. The lowest BCUT2D eigenvalue weighted by Gasteiger charge is -2.19. The Morgan fingerprint density at radius 2 is 2.32 bits per heavy atom. The summed E-state index contributed by atoms with van der Waals surface area (Å²) in [5.41, 5.74) is 2.98. The molecular formula is C15H21NO3. The fraction of sp³-hybridized carbons (Fsp3) is 0.533. The van der Waals surface area contributed by atoms with Crippen LogP contribution in [0.5, 0.6) is 0 Å². The predicted octanol–water partition coefficient (Wildman–Crippen LogP) is 2.20. The van der Waals surface area contributed by atoms with E-state index in [1.54, 1.807) is 0 Å². The Labute approximate surface area is 113 Å². The molecule has 1 aromatic carbocycles. The van der Waals surface area contributed by atoms with Crippen LogP contribution in [0.1, 0.15) is 35.6 Å². The number of carboxylic acid groups (broad SMARTS) is 1. The third kappa shape index (κ3) is 3.55. The molecule has 1 fully saturated rings. The predicted molar refractivity (Wildman–Crippen MR) is 73.3 cm³/mol. The molecule has 0 amide bonds. The molecule has 0 aliphatic carbocycles. The van der Waals surface area contributed by atoms with Gasteiger partial charge in [0.1, 0.15) is 6.04 Å². The lowest BCUT2D eigenvalue weighted by molar-refractivity contribution is -0.139. The Kier molecular flexibility index (Phi) is 4.56. The Morgan fingerprint density at radius 3 is 2.89 bits per heavy atom. The number of hydrogen-bond acceptors (Lipinski definition) is 3. The Morgan fingerprint density at radius 1 is 1.53 bits per heavy atom. The molecule has 104 valence electrons. The molecule has 0 radical (unpaired) electrons. The molecule has 1 aliphatic rings. The molecule has 1 aromatic rings. The van der Waals surface area contributed by atoms with Gasteiger partial charge >= 0.3 is 5.97 Å². The molecule has 4 nitrogen and oxygen atoms in total. The Bertz CT molecular complexity index is 453. The van der Waals surface area contributed by atoms with Crippen LogP contribution in [-0.4, -0.2) is 30.3 Å². The van der Waals surface area contributed by atoms with E-state index in [-0.39, 0.29) is 6.10 Å². The monoisotopic (exact) mass is 263 g/mol. The summed E-state index contributed by atoms with van der Waals surface area (Å²) in [6.45, 7) is 5.33. The highest BCUT2D eigenvalue weighted by atomic mass is 16.5. The molecule has 4 heteroatoms. The van der Waals surface area contributed by atoms with E-state index >= 15 is 0 Å². The number of nitrogens with one attached hydrogen (secondary N) is 1. The minimum atomic E-state index is -0.843. The molecule has 2 atom stereocenters. The van der Waals surface area contributed by atoms with Gasteiger partial charge in [-0.05, 0) is 37.8 Å². The number of carboxylic acids is 1. The van der Waals surface area contributed by atoms with Gasteiger partial charge in [-0.3, -0.25) is 10.1 Å². The summed E-state index contributed by atoms with van der Waals surface area (Å²) in [4.78, 5) is 11.4. The van der Waals surface area contributed by atoms with Gasteiger partial charge in [-0.15, -0.1) is 0 Å². The number of hydrogen-bond donors (Lipinski definition) is 2. The van der Waals surface area contributed by atoms with E-state index < -0.39 is 12.0 Å². The second-order valence-electron chi connectivity index (χ2n) is 5.17. The van der Waals surface area contributed by atoms with E-state index in [1.807, 2.05) is 32.0 Å². The van der Waals surface area contributed by atoms with E-state index in [4.69, 9.17) is 4.74 Å². The third-order valence-electron chi connectivity index (χ3n) is 3.56. The van der Waals surface area contributed by atoms with Crippen LogP contribution in [0.4, 0.5) is 0 Å². The molecular weight excluding hydrogens is 242 g/mol. The summed E-state index contributed by atoms with van der Waals surface area (Å²) < 4.78 is 5.51. The van der Waals surface area contributed by atoms with Crippen molar-refractivity contribution in [1.29, 1.82) is 0 Å². The number of aliphatic carboxylic acids is 1. The number of aryl methyl sites for hydroxylation is 2. The van der Waals surface area contributed by atoms with Crippen molar-refractivity contribution >= 4 is 5.97 Å². The van der Waals surface area contributed by atoms with Crippen LogP contribution in [-0.2, 0) is 9.53 Å². The van der Waals surface area contributed by atoms with E-state index in [9.17, 15) is 9.90 Å². The summed E-state index contributed by atoms with van der Waals surface area (Å²) >= 11 is 0. The fourth-order valence-corrected chi connectivity index (χ4v) is 2.53. The molecule has 0 bridgehead atoms. The van der Waals surface area contributed by atoms with E-state index in [0.29, 0.717) is 6.54 Å². The topological polar surface area (TPSA) is 58.6 Å². The van der Waals surface area contributed by atoms with Crippen LogP contribution in [0.3, 0.4) is 0 Å². The smallest absolute Gasteiger partial charge is 0.325 e. The molecule has 1 heterocycles. The quantitative estimate of drug-likeness (QED) is 0.855. The minimum absolute atomic E-state index is 0.146. The van der Waals surface area contributed by atoms with E-state index in [1.165, 1.54) is 0 Å². The fourth-order valence-electron chi connectivity index (χ4n) is 2.53. The average Bonchev–Trinajstić information content (AvgIpc) is 2.84. The molecule has 2 rings (SSSR count). The first-order valence-corrected chi connectivity index (χ1v) is 6.73. The zero-order valence-corrected chi connectivity index (χ0v) is 11.5. The lowest BCUT2D eigenvalue weighted by atomic mass is 9.99. The Hall–Kier alpha value is -1.39. The average molecular weight is 263 g/mol. The molecule has 2 unspecified atom stereocenters. The number of rotatable bonds is 5. The van der Waals surface area contributed by atoms with Gasteiger partial charge in [0.25, 0.3) is 0 Å². The van der Waals surface area contributed by atoms with Crippen LogP contribution in [0.15, 0.2) is 18.2 Å². The zero-order valence-electron chi connectivity index (χ0n) is 11.5. The number of carbonyl (C=O) groups is 1. The van der Waals surface area contributed by atoms with Crippen molar-refractivity contribution in [3.63, 3.8) is 0 Å². The standard InChI is InChI=1S/C15H21NO3/c1-10-5-6-13(11(2)8-10)14(15(17)18)16-9-12-4-3-7-19-12/h5-6,8,12,14,16H,3-4,7,9H2,1-2H3,(H,17,18). The van der Waals surface area contributed by atoms with Crippen molar-refractivity contribution in [2.45, 2.75) is 38.8 Å². The summed E-state index contributed by atoms with van der Waals surface area (Å²) in [5.74, 6) is -0.843. The van der Waals surface area contributed by atoms with Crippen molar-refractivity contribution in [2.75, 3.05) is 13.2 Å². The van der Waals surface area contributed by atoms with Gasteiger partial charge in [-0.25, -0.2) is 0 Å².